The highest BCUT2D eigenvalue weighted by Crippen LogP contribution is 2.27. The first-order chi connectivity index (χ1) is 10.1. The highest BCUT2D eigenvalue weighted by molar-refractivity contribution is 5.70. The molecule has 0 aliphatic heterocycles. The molecule has 0 spiro atoms. The van der Waals surface area contributed by atoms with Crippen LogP contribution in [0.25, 0.3) is 11.3 Å². The number of aryl methyl sites for hydroxylation is 1. The maximum Gasteiger partial charge on any atom is 0.131 e. The second-order valence-electron chi connectivity index (χ2n) is 5.82. The first-order valence-corrected chi connectivity index (χ1v) is 7.97. The second-order valence-corrected chi connectivity index (χ2v) is 5.82. The minimum atomic E-state index is 0.345. The van der Waals surface area contributed by atoms with E-state index in [1.807, 2.05) is 17.1 Å². The van der Waals surface area contributed by atoms with Crippen LogP contribution in [-0.2, 0) is 13.0 Å². The van der Waals surface area contributed by atoms with Gasteiger partial charge in [-0.25, -0.2) is 4.98 Å². The maximum absolute atomic E-state index is 6.36. The average molecular weight is 289 g/mol. The summed E-state index contributed by atoms with van der Waals surface area (Å²) in [5.41, 5.74) is 8.24. The van der Waals surface area contributed by atoms with Gasteiger partial charge in [0.15, 0.2) is 0 Å². The number of imidazole rings is 1. The summed E-state index contributed by atoms with van der Waals surface area (Å²) in [6, 6.07) is 0.345. The molecule has 2 heterocycles. The summed E-state index contributed by atoms with van der Waals surface area (Å²) >= 11 is 0. The zero-order valence-corrected chi connectivity index (χ0v) is 13.6. The van der Waals surface area contributed by atoms with Gasteiger partial charge in [-0.15, -0.1) is 0 Å². The lowest BCUT2D eigenvalue weighted by Crippen LogP contribution is -2.07. The van der Waals surface area contributed by atoms with Crippen LogP contribution in [0.4, 0.5) is 5.82 Å². The van der Waals surface area contributed by atoms with E-state index in [0.29, 0.717) is 6.04 Å². The van der Waals surface area contributed by atoms with Crippen LogP contribution in [0.5, 0.6) is 0 Å². The van der Waals surface area contributed by atoms with Gasteiger partial charge in [0.2, 0.25) is 0 Å². The molecule has 0 aromatic carbocycles. The predicted molar refractivity (Wildman–Crippen MR) is 87.1 cm³/mol. The lowest BCUT2D eigenvalue weighted by Gasteiger charge is -2.08. The predicted octanol–water partition coefficient (Wildman–Crippen LogP) is 3.66. The van der Waals surface area contributed by atoms with Crippen molar-refractivity contribution in [1.82, 2.24) is 19.3 Å². The van der Waals surface area contributed by atoms with Crippen molar-refractivity contribution in [1.29, 1.82) is 0 Å². The molecule has 116 valence electrons. The van der Waals surface area contributed by atoms with Crippen molar-refractivity contribution >= 4 is 5.82 Å². The van der Waals surface area contributed by atoms with Crippen molar-refractivity contribution in [3.05, 3.63) is 18.2 Å². The first kappa shape index (κ1) is 15.6. The van der Waals surface area contributed by atoms with Gasteiger partial charge in [0, 0.05) is 30.8 Å². The Kier molecular flexibility index (Phi) is 5.04. The van der Waals surface area contributed by atoms with Gasteiger partial charge in [-0.05, 0) is 26.7 Å². The second kappa shape index (κ2) is 6.78. The summed E-state index contributed by atoms with van der Waals surface area (Å²) < 4.78 is 4.12. The van der Waals surface area contributed by atoms with Gasteiger partial charge >= 0.3 is 0 Å². The topological polar surface area (TPSA) is 61.7 Å². The number of aromatic nitrogens is 4. The Morgan fingerprint density at radius 3 is 2.57 bits per heavy atom. The number of unbranched alkanes of at least 4 members (excludes halogenated alkanes) is 1. The Hall–Kier alpha value is -1.78. The van der Waals surface area contributed by atoms with Gasteiger partial charge in [0.05, 0.1) is 6.20 Å². The SMILES string of the molecule is CCCCn1c(CCC)nc(-c2cnn(C(C)C)c2)c1N. The minimum absolute atomic E-state index is 0.345. The van der Waals surface area contributed by atoms with Crippen LogP contribution in [0.3, 0.4) is 0 Å². The number of rotatable bonds is 7. The van der Waals surface area contributed by atoms with Crippen LogP contribution in [0.2, 0.25) is 0 Å². The summed E-state index contributed by atoms with van der Waals surface area (Å²) in [4.78, 5) is 4.78. The standard InChI is InChI=1S/C16H27N5/c1-5-7-9-20-14(8-6-2)19-15(16(20)17)13-10-18-21(11-13)12(3)4/h10-12H,5-9,17H2,1-4H3. The van der Waals surface area contributed by atoms with E-state index >= 15 is 0 Å². The Morgan fingerprint density at radius 2 is 2.00 bits per heavy atom. The first-order valence-electron chi connectivity index (χ1n) is 7.97. The van der Waals surface area contributed by atoms with Gasteiger partial charge in [0.25, 0.3) is 0 Å². The van der Waals surface area contributed by atoms with Crippen molar-refractivity contribution in [2.45, 2.75) is 66.0 Å². The van der Waals surface area contributed by atoms with Crippen molar-refractivity contribution in [2.24, 2.45) is 0 Å². The molecule has 0 unspecified atom stereocenters. The number of hydrogen-bond acceptors (Lipinski definition) is 3. The average Bonchev–Trinajstić information content (AvgIpc) is 3.03. The Balaban J connectivity index is 2.38. The van der Waals surface area contributed by atoms with E-state index in [2.05, 4.69) is 37.4 Å². The third kappa shape index (κ3) is 3.28. The van der Waals surface area contributed by atoms with Gasteiger partial charge in [-0.2, -0.15) is 5.10 Å². The molecule has 5 heteroatoms. The molecule has 21 heavy (non-hydrogen) atoms. The molecule has 0 fully saturated rings. The number of nitrogen functional groups attached to an aromatic ring is 1. The summed E-state index contributed by atoms with van der Waals surface area (Å²) in [7, 11) is 0. The lowest BCUT2D eigenvalue weighted by atomic mass is 10.2. The fourth-order valence-corrected chi connectivity index (χ4v) is 2.45. The van der Waals surface area contributed by atoms with Crippen molar-refractivity contribution in [2.75, 3.05) is 5.73 Å². The van der Waals surface area contributed by atoms with E-state index in [-0.39, 0.29) is 0 Å². The maximum atomic E-state index is 6.36. The zero-order chi connectivity index (χ0) is 15.4. The van der Waals surface area contributed by atoms with E-state index in [9.17, 15) is 0 Å². The summed E-state index contributed by atoms with van der Waals surface area (Å²) in [5, 5.41) is 4.39. The highest BCUT2D eigenvalue weighted by atomic mass is 15.3. The molecular formula is C16H27N5. The highest BCUT2D eigenvalue weighted by Gasteiger charge is 2.17. The minimum Gasteiger partial charge on any atom is -0.383 e. The number of anilines is 1. The molecule has 2 rings (SSSR count). The lowest BCUT2D eigenvalue weighted by molar-refractivity contribution is 0.532. The van der Waals surface area contributed by atoms with E-state index in [4.69, 9.17) is 10.7 Å². The molecule has 2 aromatic heterocycles. The molecule has 0 aliphatic carbocycles. The summed E-state index contributed by atoms with van der Waals surface area (Å²) in [6.45, 7) is 9.54. The van der Waals surface area contributed by atoms with Crippen LogP contribution in [0.15, 0.2) is 12.4 Å². The number of nitrogens with two attached hydrogens (primary N) is 1. The smallest absolute Gasteiger partial charge is 0.131 e. The van der Waals surface area contributed by atoms with E-state index in [1.54, 1.807) is 0 Å². The molecule has 0 saturated heterocycles. The summed E-state index contributed by atoms with van der Waals surface area (Å²) in [6.07, 6.45) is 8.22. The van der Waals surface area contributed by atoms with E-state index in [1.165, 1.54) is 0 Å². The molecule has 0 radical (unpaired) electrons. The molecule has 2 aromatic rings. The van der Waals surface area contributed by atoms with Crippen molar-refractivity contribution in [3.63, 3.8) is 0 Å². The van der Waals surface area contributed by atoms with Crippen LogP contribution >= 0.6 is 0 Å². The molecule has 0 atom stereocenters. The largest absolute Gasteiger partial charge is 0.383 e. The van der Waals surface area contributed by atoms with E-state index in [0.717, 1.165) is 55.1 Å². The Labute approximate surface area is 127 Å². The van der Waals surface area contributed by atoms with Crippen LogP contribution in [-0.4, -0.2) is 19.3 Å². The fourth-order valence-electron chi connectivity index (χ4n) is 2.45. The molecular weight excluding hydrogens is 262 g/mol. The van der Waals surface area contributed by atoms with Crippen LogP contribution in [0.1, 0.15) is 58.8 Å². The van der Waals surface area contributed by atoms with E-state index < -0.39 is 0 Å². The van der Waals surface area contributed by atoms with Gasteiger partial charge in [0.1, 0.15) is 17.3 Å². The molecule has 0 amide bonds. The van der Waals surface area contributed by atoms with Crippen molar-refractivity contribution < 1.29 is 0 Å². The van der Waals surface area contributed by atoms with Crippen LogP contribution < -0.4 is 5.73 Å². The molecule has 2 N–H and O–H groups in total. The normalized spacial score (nSPS) is 11.5. The molecule has 0 bridgehead atoms. The zero-order valence-electron chi connectivity index (χ0n) is 13.6. The number of hydrogen-bond donors (Lipinski definition) is 1. The fraction of sp³-hybridized carbons (Fsp3) is 0.625. The molecule has 0 saturated carbocycles. The Morgan fingerprint density at radius 1 is 1.24 bits per heavy atom. The molecule has 5 nitrogen and oxygen atoms in total. The van der Waals surface area contributed by atoms with Gasteiger partial charge in [-0.3, -0.25) is 4.68 Å². The van der Waals surface area contributed by atoms with Gasteiger partial charge in [-0.1, -0.05) is 20.3 Å². The summed E-state index contributed by atoms with van der Waals surface area (Å²) in [5.74, 6) is 1.87. The third-order valence-electron chi connectivity index (χ3n) is 3.70. The third-order valence-corrected chi connectivity index (χ3v) is 3.70. The molecule has 0 aliphatic rings. The van der Waals surface area contributed by atoms with Crippen LogP contribution in [0, 0.1) is 0 Å². The monoisotopic (exact) mass is 289 g/mol. The number of nitrogens with zero attached hydrogens (tertiary/aromatic N) is 4. The Bertz CT molecular complexity index is 580. The van der Waals surface area contributed by atoms with Crippen molar-refractivity contribution in [3.8, 4) is 11.3 Å². The van der Waals surface area contributed by atoms with Gasteiger partial charge < -0.3 is 10.3 Å². The quantitative estimate of drug-likeness (QED) is 0.846.